The molecule has 2 rings (SSSR count). The van der Waals surface area contributed by atoms with E-state index in [-0.39, 0.29) is 11.4 Å². The highest BCUT2D eigenvalue weighted by molar-refractivity contribution is 6.21. The molecule has 0 aliphatic carbocycles. The Morgan fingerprint density at radius 3 is 2.25 bits per heavy atom. The normalized spacial score (nSPS) is 13.6. The molecule has 0 amide bonds. The lowest BCUT2D eigenvalue weighted by atomic mass is 10.0. The SMILES string of the molecule is COc1ccccc1N(C)[C@@H](C)[C@H](Cl)c1ccccc1. The van der Waals surface area contributed by atoms with Gasteiger partial charge < -0.3 is 9.64 Å². The van der Waals surface area contributed by atoms with Crippen LogP contribution < -0.4 is 9.64 Å². The molecule has 0 aromatic heterocycles. The van der Waals surface area contributed by atoms with E-state index < -0.39 is 0 Å². The highest BCUT2D eigenvalue weighted by Gasteiger charge is 2.22. The van der Waals surface area contributed by atoms with Crippen LogP contribution in [0.1, 0.15) is 17.9 Å². The number of para-hydroxylation sites is 2. The second kappa shape index (κ2) is 6.67. The summed E-state index contributed by atoms with van der Waals surface area (Å²) in [6, 6.07) is 18.3. The molecule has 0 saturated carbocycles. The van der Waals surface area contributed by atoms with Crippen molar-refractivity contribution in [3.63, 3.8) is 0 Å². The second-order valence-electron chi connectivity index (χ2n) is 4.84. The van der Waals surface area contributed by atoms with Crippen molar-refractivity contribution in [3.8, 4) is 5.75 Å². The molecule has 0 bridgehead atoms. The van der Waals surface area contributed by atoms with Crippen molar-refractivity contribution in [2.75, 3.05) is 19.1 Å². The van der Waals surface area contributed by atoms with Crippen LogP contribution in [0, 0.1) is 0 Å². The summed E-state index contributed by atoms with van der Waals surface area (Å²) < 4.78 is 5.42. The maximum Gasteiger partial charge on any atom is 0.142 e. The third-order valence-corrected chi connectivity index (χ3v) is 4.23. The van der Waals surface area contributed by atoms with Crippen LogP contribution in [-0.2, 0) is 0 Å². The van der Waals surface area contributed by atoms with E-state index in [1.54, 1.807) is 7.11 Å². The minimum atomic E-state index is -0.0777. The van der Waals surface area contributed by atoms with Gasteiger partial charge in [0.15, 0.2) is 0 Å². The summed E-state index contributed by atoms with van der Waals surface area (Å²) in [5, 5.41) is -0.0777. The number of ether oxygens (including phenoxy) is 1. The van der Waals surface area contributed by atoms with Gasteiger partial charge in [0.1, 0.15) is 5.75 Å². The second-order valence-corrected chi connectivity index (χ2v) is 5.31. The lowest BCUT2D eigenvalue weighted by Gasteiger charge is -2.31. The van der Waals surface area contributed by atoms with E-state index in [2.05, 4.69) is 24.0 Å². The number of halogens is 1. The fraction of sp³-hybridized carbons (Fsp3) is 0.294. The van der Waals surface area contributed by atoms with Gasteiger partial charge in [0.2, 0.25) is 0 Å². The molecule has 0 N–H and O–H groups in total. The molecule has 0 aliphatic rings. The van der Waals surface area contributed by atoms with Crippen LogP contribution >= 0.6 is 11.6 Å². The summed E-state index contributed by atoms with van der Waals surface area (Å²) in [5.74, 6) is 0.860. The molecule has 106 valence electrons. The Kier molecular flexibility index (Phi) is 4.91. The zero-order valence-corrected chi connectivity index (χ0v) is 12.8. The van der Waals surface area contributed by atoms with Gasteiger partial charge in [0.25, 0.3) is 0 Å². The maximum atomic E-state index is 6.61. The smallest absolute Gasteiger partial charge is 0.142 e. The van der Waals surface area contributed by atoms with Crippen molar-refractivity contribution >= 4 is 17.3 Å². The molecule has 20 heavy (non-hydrogen) atoms. The van der Waals surface area contributed by atoms with Crippen molar-refractivity contribution in [1.82, 2.24) is 0 Å². The number of rotatable bonds is 5. The number of nitrogens with zero attached hydrogens (tertiary/aromatic N) is 1. The summed E-state index contributed by atoms with van der Waals surface area (Å²) in [6.07, 6.45) is 0. The quantitative estimate of drug-likeness (QED) is 0.752. The monoisotopic (exact) mass is 289 g/mol. The molecular weight excluding hydrogens is 270 g/mol. The number of anilines is 1. The fourth-order valence-corrected chi connectivity index (χ4v) is 2.57. The van der Waals surface area contributed by atoms with Gasteiger partial charge in [0, 0.05) is 13.1 Å². The van der Waals surface area contributed by atoms with E-state index in [1.807, 2.05) is 49.5 Å². The highest BCUT2D eigenvalue weighted by atomic mass is 35.5. The molecule has 0 aliphatic heterocycles. The van der Waals surface area contributed by atoms with Crippen LogP contribution in [0.25, 0.3) is 0 Å². The number of hydrogen-bond donors (Lipinski definition) is 0. The molecule has 3 heteroatoms. The first-order chi connectivity index (χ1) is 9.65. The summed E-state index contributed by atoms with van der Waals surface area (Å²) in [7, 11) is 3.73. The number of benzene rings is 2. The van der Waals surface area contributed by atoms with Gasteiger partial charge in [-0.25, -0.2) is 0 Å². The van der Waals surface area contributed by atoms with Crippen LogP contribution in [0.4, 0.5) is 5.69 Å². The lowest BCUT2D eigenvalue weighted by Crippen LogP contribution is -2.32. The number of hydrogen-bond acceptors (Lipinski definition) is 2. The van der Waals surface area contributed by atoms with Gasteiger partial charge in [-0.1, -0.05) is 42.5 Å². The van der Waals surface area contributed by atoms with Gasteiger partial charge in [-0.15, -0.1) is 11.6 Å². The van der Waals surface area contributed by atoms with E-state index in [0.717, 1.165) is 17.0 Å². The van der Waals surface area contributed by atoms with E-state index >= 15 is 0 Å². The lowest BCUT2D eigenvalue weighted by molar-refractivity contribution is 0.413. The molecule has 2 aromatic carbocycles. The largest absolute Gasteiger partial charge is 0.495 e. The van der Waals surface area contributed by atoms with Gasteiger partial charge >= 0.3 is 0 Å². The van der Waals surface area contributed by atoms with E-state index in [0.29, 0.717) is 0 Å². The van der Waals surface area contributed by atoms with E-state index in [1.165, 1.54) is 0 Å². The summed E-state index contributed by atoms with van der Waals surface area (Å²) in [6.45, 7) is 2.12. The Balaban J connectivity index is 2.22. The average molecular weight is 290 g/mol. The number of alkyl halides is 1. The molecular formula is C17H20ClNO. The third kappa shape index (κ3) is 3.07. The summed E-state index contributed by atoms with van der Waals surface area (Å²) in [4.78, 5) is 2.16. The molecule has 0 saturated heterocycles. The molecule has 2 nitrogen and oxygen atoms in total. The van der Waals surface area contributed by atoms with Crippen molar-refractivity contribution in [1.29, 1.82) is 0 Å². The predicted octanol–water partition coefficient (Wildman–Crippen LogP) is 4.50. The zero-order valence-electron chi connectivity index (χ0n) is 12.1. The van der Waals surface area contributed by atoms with Crippen LogP contribution in [-0.4, -0.2) is 20.2 Å². The molecule has 0 spiro atoms. The Bertz CT molecular complexity index is 544. The third-order valence-electron chi connectivity index (χ3n) is 3.62. The maximum absolute atomic E-state index is 6.61. The molecule has 0 heterocycles. The van der Waals surface area contributed by atoms with Crippen molar-refractivity contribution in [3.05, 3.63) is 60.2 Å². The molecule has 0 radical (unpaired) electrons. The summed E-state index contributed by atoms with van der Waals surface area (Å²) in [5.41, 5.74) is 2.17. The topological polar surface area (TPSA) is 12.5 Å². The van der Waals surface area contributed by atoms with E-state index in [4.69, 9.17) is 16.3 Å². The first-order valence-electron chi connectivity index (χ1n) is 6.70. The average Bonchev–Trinajstić information content (AvgIpc) is 2.53. The van der Waals surface area contributed by atoms with Crippen LogP contribution in [0.2, 0.25) is 0 Å². The van der Waals surface area contributed by atoms with Crippen molar-refractivity contribution < 1.29 is 4.74 Å². The number of methoxy groups -OCH3 is 1. The van der Waals surface area contributed by atoms with Crippen molar-refractivity contribution in [2.45, 2.75) is 18.3 Å². The van der Waals surface area contributed by atoms with Crippen LogP contribution in [0.3, 0.4) is 0 Å². The highest BCUT2D eigenvalue weighted by Crippen LogP contribution is 2.33. The Morgan fingerprint density at radius 2 is 1.60 bits per heavy atom. The molecule has 2 aromatic rings. The van der Waals surface area contributed by atoms with Gasteiger partial charge in [-0.05, 0) is 24.6 Å². The molecule has 0 unspecified atom stereocenters. The number of likely N-dealkylation sites (N-methyl/N-ethyl adjacent to an activating group) is 1. The Hall–Kier alpha value is -1.67. The van der Waals surface area contributed by atoms with E-state index in [9.17, 15) is 0 Å². The minimum absolute atomic E-state index is 0.0777. The first-order valence-corrected chi connectivity index (χ1v) is 7.13. The predicted molar refractivity (Wildman–Crippen MR) is 85.9 cm³/mol. The minimum Gasteiger partial charge on any atom is -0.495 e. The van der Waals surface area contributed by atoms with Crippen molar-refractivity contribution in [2.24, 2.45) is 0 Å². The van der Waals surface area contributed by atoms with Gasteiger partial charge in [-0.2, -0.15) is 0 Å². The van der Waals surface area contributed by atoms with Gasteiger partial charge in [0.05, 0.1) is 18.2 Å². The van der Waals surface area contributed by atoms with Crippen LogP contribution in [0.5, 0.6) is 5.75 Å². The van der Waals surface area contributed by atoms with Crippen LogP contribution in [0.15, 0.2) is 54.6 Å². The Morgan fingerprint density at radius 1 is 1.00 bits per heavy atom. The fourth-order valence-electron chi connectivity index (χ4n) is 2.25. The first kappa shape index (κ1) is 14.7. The zero-order chi connectivity index (χ0) is 14.5. The molecule has 0 fully saturated rings. The molecule has 2 atom stereocenters. The standard InChI is InChI=1S/C17H20ClNO/c1-13(17(18)14-9-5-4-6-10-14)19(2)15-11-7-8-12-16(15)20-3/h4-13,17H,1-3H3/t13-,17-/m0/s1. The van der Waals surface area contributed by atoms with Gasteiger partial charge in [-0.3, -0.25) is 0 Å². The Labute approximate surface area is 125 Å². The summed E-state index contributed by atoms with van der Waals surface area (Å²) >= 11 is 6.61.